The first-order chi connectivity index (χ1) is 10.4. The van der Waals surface area contributed by atoms with Crippen molar-refractivity contribution in [1.29, 1.82) is 0 Å². The Morgan fingerprint density at radius 3 is 2.45 bits per heavy atom. The zero-order valence-corrected chi connectivity index (χ0v) is 13.9. The van der Waals surface area contributed by atoms with Crippen LogP contribution in [-0.4, -0.2) is 20.1 Å². The summed E-state index contributed by atoms with van der Waals surface area (Å²) in [5.41, 5.74) is 0.738. The van der Waals surface area contributed by atoms with E-state index in [9.17, 15) is 13.5 Å². The average Bonchev–Trinajstić information content (AvgIpc) is 2.50. The van der Waals surface area contributed by atoms with Crippen LogP contribution in [0.4, 0.5) is 0 Å². The molecule has 0 aliphatic heterocycles. The van der Waals surface area contributed by atoms with Gasteiger partial charge in [0.25, 0.3) is 0 Å². The van der Waals surface area contributed by atoms with E-state index in [2.05, 4.69) is 4.72 Å². The van der Waals surface area contributed by atoms with Crippen LogP contribution in [0, 0.1) is 0 Å². The Morgan fingerprint density at radius 1 is 1.09 bits per heavy atom. The van der Waals surface area contributed by atoms with Gasteiger partial charge in [-0.3, -0.25) is 0 Å². The number of hydrogen-bond donors (Lipinski definition) is 2. The molecule has 0 aliphatic rings. The van der Waals surface area contributed by atoms with E-state index >= 15 is 0 Å². The predicted molar refractivity (Wildman–Crippen MR) is 87.7 cm³/mol. The predicted octanol–water partition coefficient (Wildman–Crippen LogP) is 3.40. The lowest BCUT2D eigenvalue weighted by atomic mass is 10.1. The maximum Gasteiger partial charge on any atom is 0.242 e. The van der Waals surface area contributed by atoms with Crippen LogP contribution in [0.25, 0.3) is 0 Å². The number of nitrogens with one attached hydrogen (secondary N) is 1. The highest BCUT2D eigenvalue weighted by atomic mass is 35.5. The van der Waals surface area contributed by atoms with Crippen LogP contribution in [0.3, 0.4) is 0 Å². The largest absolute Gasteiger partial charge is 0.388 e. The number of sulfonamides is 1. The SMILES string of the molecule is O=S(=O)(NCC[C@H](O)c1ccccc1)c1cc(Cl)ccc1Cl. The van der Waals surface area contributed by atoms with Gasteiger partial charge >= 0.3 is 0 Å². The molecule has 0 radical (unpaired) electrons. The Morgan fingerprint density at radius 2 is 1.77 bits per heavy atom. The molecule has 2 aromatic carbocycles. The molecule has 0 heterocycles. The summed E-state index contributed by atoms with van der Waals surface area (Å²) < 4.78 is 26.8. The Kier molecular flexibility index (Phi) is 5.83. The van der Waals surface area contributed by atoms with Crippen molar-refractivity contribution in [3.8, 4) is 0 Å². The summed E-state index contributed by atoms with van der Waals surface area (Å²) in [5, 5.41) is 10.4. The lowest BCUT2D eigenvalue weighted by Gasteiger charge is -2.12. The van der Waals surface area contributed by atoms with Gasteiger partial charge in [0, 0.05) is 11.6 Å². The summed E-state index contributed by atoms with van der Waals surface area (Å²) in [5.74, 6) is 0. The molecule has 0 fully saturated rings. The Hall–Kier alpha value is -1.11. The van der Waals surface area contributed by atoms with Crippen molar-refractivity contribution in [3.63, 3.8) is 0 Å². The highest BCUT2D eigenvalue weighted by molar-refractivity contribution is 7.89. The van der Waals surface area contributed by atoms with Crippen molar-refractivity contribution in [3.05, 3.63) is 64.1 Å². The Balaban J connectivity index is 2.00. The number of aliphatic hydroxyl groups excluding tert-OH is 1. The first kappa shape index (κ1) is 17.2. The van der Waals surface area contributed by atoms with Crippen LogP contribution in [0.15, 0.2) is 53.4 Å². The first-order valence-corrected chi connectivity index (χ1v) is 8.82. The van der Waals surface area contributed by atoms with Crippen LogP contribution < -0.4 is 4.72 Å². The zero-order chi connectivity index (χ0) is 16.2. The van der Waals surface area contributed by atoms with Gasteiger partial charge in [0.2, 0.25) is 10.0 Å². The number of benzene rings is 2. The molecule has 0 amide bonds. The monoisotopic (exact) mass is 359 g/mol. The van der Waals surface area contributed by atoms with Gasteiger partial charge in [-0.05, 0) is 30.2 Å². The zero-order valence-electron chi connectivity index (χ0n) is 11.5. The van der Waals surface area contributed by atoms with Gasteiger partial charge in [0.15, 0.2) is 0 Å². The number of aliphatic hydroxyl groups is 1. The van der Waals surface area contributed by atoms with Gasteiger partial charge in [-0.15, -0.1) is 0 Å². The lowest BCUT2D eigenvalue weighted by molar-refractivity contribution is 0.169. The quantitative estimate of drug-likeness (QED) is 0.830. The van der Waals surface area contributed by atoms with E-state index in [1.807, 2.05) is 18.2 Å². The minimum atomic E-state index is -3.77. The molecule has 0 aliphatic carbocycles. The van der Waals surface area contributed by atoms with Crippen molar-refractivity contribution < 1.29 is 13.5 Å². The topological polar surface area (TPSA) is 66.4 Å². The normalized spacial score (nSPS) is 13.0. The molecule has 0 aromatic heterocycles. The molecule has 2 aromatic rings. The minimum absolute atomic E-state index is 0.0733. The molecular weight excluding hydrogens is 345 g/mol. The second-order valence-electron chi connectivity index (χ2n) is 4.69. The van der Waals surface area contributed by atoms with Crippen LogP contribution >= 0.6 is 23.2 Å². The lowest BCUT2D eigenvalue weighted by Crippen LogP contribution is -2.26. The van der Waals surface area contributed by atoms with Gasteiger partial charge in [-0.1, -0.05) is 53.5 Å². The van der Waals surface area contributed by atoms with E-state index in [-0.39, 0.29) is 27.9 Å². The van der Waals surface area contributed by atoms with Gasteiger partial charge in [-0.2, -0.15) is 0 Å². The molecule has 0 bridgehead atoms. The first-order valence-electron chi connectivity index (χ1n) is 6.58. The summed E-state index contributed by atoms with van der Waals surface area (Å²) >= 11 is 11.7. The van der Waals surface area contributed by atoms with E-state index in [4.69, 9.17) is 23.2 Å². The third kappa shape index (κ3) is 4.44. The summed E-state index contributed by atoms with van der Waals surface area (Å²) in [4.78, 5) is -0.0733. The van der Waals surface area contributed by atoms with Crippen molar-refractivity contribution in [2.45, 2.75) is 17.4 Å². The maximum atomic E-state index is 12.2. The minimum Gasteiger partial charge on any atom is -0.388 e. The second kappa shape index (κ2) is 7.44. The summed E-state index contributed by atoms with van der Waals surface area (Å²) in [6.07, 6.45) is -0.486. The van der Waals surface area contributed by atoms with Crippen LogP contribution in [0.5, 0.6) is 0 Å². The maximum absolute atomic E-state index is 12.2. The molecule has 22 heavy (non-hydrogen) atoms. The molecular formula is C15H15Cl2NO3S. The molecule has 2 N–H and O–H groups in total. The molecule has 0 unspecified atom stereocenters. The molecule has 118 valence electrons. The van der Waals surface area contributed by atoms with Gasteiger partial charge in [-0.25, -0.2) is 13.1 Å². The standard InChI is InChI=1S/C15H15Cl2NO3S/c16-12-6-7-13(17)15(10-12)22(20,21)18-9-8-14(19)11-4-2-1-3-5-11/h1-7,10,14,18-19H,8-9H2/t14-/m0/s1. The molecule has 0 spiro atoms. The molecule has 2 rings (SSSR count). The van der Waals surface area contributed by atoms with Gasteiger partial charge in [0.05, 0.1) is 11.1 Å². The molecule has 0 saturated heterocycles. The van der Waals surface area contributed by atoms with Crippen LogP contribution in [-0.2, 0) is 10.0 Å². The highest BCUT2D eigenvalue weighted by Gasteiger charge is 2.18. The van der Waals surface area contributed by atoms with E-state index in [0.29, 0.717) is 0 Å². The fourth-order valence-electron chi connectivity index (χ4n) is 1.93. The highest BCUT2D eigenvalue weighted by Crippen LogP contribution is 2.25. The van der Waals surface area contributed by atoms with E-state index in [0.717, 1.165) is 5.56 Å². The summed E-state index contributed by atoms with van der Waals surface area (Å²) in [7, 11) is -3.77. The third-order valence-corrected chi connectivity index (χ3v) is 5.25. The Labute approximate surface area is 139 Å². The second-order valence-corrected chi connectivity index (χ2v) is 7.27. The van der Waals surface area contributed by atoms with Crippen molar-refractivity contribution in [1.82, 2.24) is 4.72 Å². The van der Waals surface area contributed by atoms with Gasteiger partial charge in [0.1, 0.15) is 4.90 Å². The number of halogens is 2. The average molecular weight is 360 g/mol. The molecule has 1 atom stereocenters. The third-order valence-electron chi connectivity index (χ3n) is 3.08. The molecule has 7 heteroatoms. The van der Waals surface area contributed by atoms with Crippen molar-refractivity contribution in [2.75, 3.05) is 6.54 Å². The summed E-state index contributed by atoms with van der Waals surface area (Å²) in [6.45, 7) is 0.0846. The van der Waals surface area contributed by atoms with Gasteiger partial charge < -0.3 is 5.11 Å². The Bertz CT molecular complexity index is 736. The fraction of sp³-hybridized carbons (Fsp3) is 0.200. The van der Waals surface area contributed by atoms with Crippen LogP contribution in [0.2, 0.25) is 10.0 Å². The van der Waals surface area contributed by atoms with E-state index in [1.54, 1.807) is 12.1 Å². The van der Waals surface area contributed by atoms with Crippen molar-refractivity contribution >= 4 is 33.2 Å². The summed E-state index contributed by atoms with van der Waals surface area (Å²) in [6, 6.07) is 13.3. The number of hydrogen-bond acceptors (Lipinski definition) is 3. The number of rotatable bonds is 6. The smallest absolute Gasteiger partial charge is 0.242 e. The molecule has 0 saturated carbocycles. The molecule has 4 nitrogen and oxygen atoms in total. The van der Waals surface area contributed by atoms with E-state index < -0.39 is 16.1 Å². The van der Waals surface area contributed by atoms with E-state index in [1.165, 1.54) is 18.2 Å². The van der Waals surface area contributed by atoms with Crippen LogP contribution in [0.1, 0.15) is 18.1 Å². The fourth-order valence-corrected chi connectivity index (χ4v) is 3.74. The van der Waals surface area contributed by atoms with Crippen molar-refractivity contribution in [2.24, 2.45) is 0 Å².